The second-order valence-corrected chi connectivity index (χ2v) is 7.92. The van der Waals surface area contributed by atoms with Crippen molar-refractivity contribution in [3.05, 3.63) is 90.3 Å². The molecule has 33 heavy (non-hydrogen) atoms. The third kappa shape index (κ3) is 6.32. The second kappa shape index (κ2) is 11.1. The van der Waals surface area contributed by atoms with Crippen LogP contribution < -0.4 is 10.1 Å². The van der Waals surface area contributed by atoms with Gasteiger partial charge >= 0.3 is 6.03 Å². The highest BCUT2D eigenvalue weighted by atomic mass is 16.5. The molecular weight excluding hydrogens is 416 g/mol. The number of nitrogens with zero attached hydrogens (tertiary/aromatic N) is 3. The van der Waals surface area contributed by atoms with E-state index in [1.54, 1.807) is 46.5 Å². The maximum absolute atomic E-state index is 13.0. The summed E-state index contributed by atoms with van der Waals surface area (Å²) in [6.45, 7) is 2.53. The first-order chi connectivity index (χ1) is 16.2. The molecular formula is C26H28N4O3. The van der Waals surface area contributed by atoms with Gasteiger partial charge in [-0.1, -0.05) is 36.4 Å². The Morgan fingerprint density at radius 1 is 0.909 bits per heavy atom. The van der Waals surface area contributed by atoms with E-state index in [9.17, 15) is 9.59 Å². The molecule has 0 atom stereocenters. The van der Waals surface area contributed by atoms with Crippen LogP contribution in [0.25, 0.3) is 0 Å². The van der Waals surface area contributed by atoms with Crippen LogP contribution in [0.4, 0.5) is 10.5 Å². The summed E-state index contributed by atoms with van der Waals surface area (Å²) in [5.41, 5.74) is 2.55. The first kappa shape index (κ1) is 22.3. The van der Waals surface area contributed by atoms with E-state index in [1.807, 2.05) is 30.3 Å². The molecule has 2 aromatic carbocycles. The van der Waals surface area contributed by atoms with Crippen LogP contribution >= 0.6 is 0 Å². The Bertz CT molecular complexity index is 1050. The van der Waals surface area contributed by atoms with Gasteiger partial charge in [-0.2, -0.15) is 0 Å². The molecule has 7 nitrogen and oxygen atoms in total. The number of carbonyl (C=O) groups is 2. The maximum Gasteiger partial charge on any atom is 0.322 e. The lowest BCUT2D eigenvalue weighted by Gasteiger charge is -2.34. The molecule has 3 amide bonds. The predicted molar refractivity (Wildman–Crippen MR) is 127 cm³/mol. The summed E-state index contributed by atoms with van der Waals surface area (Å²) in [5, 5.41) is 2.83. The molecule has 1 saturated heterocycles. The van der Waals surface area contributed by atoms with Gasteiger partial charge in [-0.05, 0) is 48.7 Å². The summed E-state index contributed by atoms with van der Waals surface area (Å²) in [6.07, 6.45) is 5.13. The number of pyridine rings is 1. The van der Waals surface area contributed by atoms with Gasteiger partial charge in [0.2, 0.25) is 0 Å². The Balaban J connectivity index is 1.24. The Morgan fingerprint density at radius 3 is 2.45 bits per heavy atom. The fourth-order valence-corrected chi connectivity index (χ4v) is 3.76. The van der Waals surface area contributed by atoms with E-state index in [1.165, 1.54) is 5.56 Å². The predicted octanol–water partition coefficient (Wildman–Crippen LogP) is 4.08. The fraction of sp³-hybridized carbons (Fsp3) is 0.269. The quantitative estimate of drug-likeness (QED) is 0.557. The first-order valence-corrected chi connectivity index (χ1v) is 11.2. The highest BCUT2D eigenvalue weighted by Crippen LogP contribution is 2.17. The van der Waals surface area contributed by atoms with Crippen molar-refractivity contribution in [1.82, 2.24) is 14.8 Å². The van der Waals surface area contributed by atoms with Gasteiger partial charge in [-0.3, -0.25) is 9.78 Å². The van der Waals surface area contributed by atoms with Crippen LogP contribution in [-0.4, -0.2) is 59.5 Å². The Kier molecular flexibility index (Phi) is 7.53. The zero-order valence-electron chi connectivity index (χ0n) is 18.5. The van der Waals surface area contributed by atoms with E-state index in [4.69, 9.17) is 4.74 Å². The second-order valence-electron chi connectivity index (χ2n) is 7.92. The summed E-state index contributed by atoms with van der Waals surface area (Å²) >= 11 is 0. The average Bonchev–Trinajstić information content (AvgIpc) is 2.88. The normalized spacial score (nSPS) is 13.5. The third-order valence-corrected chi connectivity index (χ3v) is 5.57. The van der Waals surface area contributed by atoms with Gasteiger partial charge in [-0.15, -0.1) is 0 Å². The summed E-state index contributed by atoms with van der Waals surface area (Å²) < 4.78 is 5.87. The molecule has 0 unspecified atom stereocenters. The van der Waals surface area contributed by atoms with Crippen LogP contribution in [-0.2, 0) is 6.42 Å². The molecule has 2 heterocycles. The number of benzene rings is 2. The highest BCUT2D eigenvalue weighted by Gasteiger charge is 2.25. The van der Waals surface area contributed by atoms with Gasteiger partial charge in [0, 0.05) is 37.9 Å². The summed E-state index contributed by atoms with van der Waals surface area (Å²) in [4.78, 5) is 32.9. The van der Waals surface area contributed by atoms with Gasteiger partial charge in [0.1, 0.15) is 5.75 Å². The van der Waals surface area contributed by atoms with E-state index in [2.05, 4.69) is 22.4 Å². The molecule has 170 valence electrons. The molecule has 1 aliphatic heterocycles. The number of hydrogen-bond acceptors (Lipinski definition) is 4. The Hall–Kier alpha value is -3.87. The van der Waals surface area contributed by atoms with E-state index in [0.717, 1.165) is 12.8 Å². The molecule has 1 aliphatic rings. The lowest BCUT2D eigenvalue weighted by atomic mass is 10.1. The standard InChI is InChI=1S/C26H28N4O3/c31-25(29-14-16-30(17-15-29)26(32)28-23-11-5-13-27-20-23)22-10-4-12-24(19-22)33-18-6-9-21-7-2-1-3-8-21/h1-5,7-8,10-13,19-20H,6,9,14-18H2,(H,28,32). The zero-order valence-corrected chi connectivity index (χ0v) is 18.5. The summed E-state index contributed by atoms with van der Waals surface area (Å²) in [7, 11) is 0. The SMILES string of the molecule is O=C(Nc1cccnc1)N1CCN(C(=O)c2cccc(OCCCc3ccccc3)c2)CC1. The van der Waals surface area contributed by atoms with Gasteiger partial charge in [0.05, 0.1) is 18.5 Å². The largest absolute Gasteiger partial charge is 0.494 e. The first-order valence-electron chi connectivity index (χ1n) is 11.2. The van der Waals surface area contributed by atoms with Crippen LogP contribution in [0.5, 0.6) is 5.75 Å². The zero-order chi connectivity index (χ0) is 22.9. The van der Waals surface area contributed by atoms with Crippen molar-refractivity contribution in [3.8, 4) is 5.75 Å². The molecule has 0 spiro atoms. The molecule has 1 N–H and O–H groups in total. The number of anilines is 1. The highest BCUT2D eigenvalue weighted by molar-refractivity contribution is 5.95. The molecule has 7 heteroatoms. The van der Waals surface area contributed by atoms with Gasteiger partial charge in [0.25, 0.3) is 5.91 Å². The van der Waals surface area contributed by atoms with E-state index in [0.29, 0.717) is 49.8 Å². The molecule has 3 aromatic rings. The van der Waals surface area contributed by atoms with Crippen molar-refractivity contribution >= 4 is 17.6 Å². The van der Waals surface area contributed by atoms with Crippen molar-refractivity contribution in [3.63, 3.8) is 0 Å². The Labute approximate surface area is 194 Å². The monoisotopic (exact) mass is 444 g/mol. The van der Waals surface area contributed by atoms with Crippen molar-refractivity contribution in [2.45, 2.75) is 12.8 Å². The van der Waals surface area contributed by atoms with Crippen molar-refractivity contribution in [2.24, 2.45) is 0 Å². The van der Waals surface area contributed by atoms with E-state index < -0.39 is 0 Å². The van der Waals surface area contributed by atoms with Crippen LogP contribution in [0.2, 0.25) is 0 Å². The molecule has 1 aromatic heterocycles. The van der Waals surface area contributed by atoms with Gasteiger partial charge in [0.15, 0.2) is 0 Å². The molecule has 0 bridgehead atoms. The number of ether oxygens (including phenoxy) is 1. The fourth-order valence-electron chi connectivity index (χ4n) is 3.76. The van der Waals surface area contributed by atoms with Crippen LogP contribution in [0, 0.1) is 0 Å². The minimum atomic E-state index is -0.180. The minimum absolute atomic E-state index is 0.0444. The Morgan fingerprint density at radius 2 is 1.70 bits per heavy atom. The number of hydrogen-bond donors (Lipinski definition) is 1. The summed E-state index contributed by atoms with van der Waals surface area (Å²) in [5.74, 6) is 0.653. The smallest absolute Gasteiger partial charge is 0.322 e. The number of aryl methyl sites for hydroxylation is 1. The van der Waals surface area contributed by atoms with Crippen LogP contribution in [0.1, 0.15) is 22.3 Å². The number of carbonyl (C=O) groups excluding carboxylic acids is 2. The van der Waals surface area contributed by atoms with Crippen molar-refractivity contribution in [2.75, 3.05) is 38.1 Å². The molecule has 0 aliphatic carbocycles. The van der Waals surface area contributed by atoms with Crippen LogP contribution in [0.3, 0.4) is 0 Å². The summed E-state index contributed by atoms with van der Waals surface area (Å²) in [6, 6.07) is 21.0. The van der Waals surface area contributed by atoms with Crippen LogP contribution in [0.15, 0.2) is 79.1 Å². The number of nitrogens with one attached hydrogen (secondary N) is 1. The van der Waals surface area contributed by atoms with Gasteiger partial charge < -0.3 is 19.9 Å². The number of rotatable bonds is 7. The minimum Gasteiger partial charge on any atom is -0.494 e. The van der Waals surface area contributed by atoms with Crippen molar-refractivity contribution < 1.29 is 14.3 Å². The van der Waals surface area contributed by atoms with E-state index >= 15 is 0 Å². The molecule has 4 rings (SSSR count). The average molecular weight is 445 g/mol. The lowest BCUT2D eigenvalue weighted by Crippen LogP contribution is -2.51. The van der Waals surface area contributed by atoms with Gasteiger partial charge in [-0.25, -0.2) is 4.79 Å². The molecule has 0 saturated carbocycles. The third-order valence-electron chi connectivity index (χ3n) is 5.57. The molecule has 0 radical (unpaired) electrons. The number of aromatic nitrogens is 1. The topological polar surface area (TPSA) is 74.8 Å². The number of piperazine rings is 1. The lowest BCUT2D eigenvalue weighted by molar-refractivity contribution is 0.0671. The number of urea groups is 1. The maximum atomic E-state index is 13.0. The van der Waals surface area contributed by atoms with Crippen molar-refractivity contribution in [1.29, 1.82) is 0 Å². The van der Waals surface area contributed by atoms with E-state index in [-0.39, 0.29) is 11.9 Å². The number of amides is 3. The molecule has 1 fully saturated rings.